The molecule has 0 aliphatic heterocycles. The van der Waals surface area contributed by atoms with Crippen molar-refractivity contribution in [3.8, 4) is 0 Å². The Labute approximate surface area is 281 Å². The molecule has 9 N–H and O–H groups in total. The second-order valence-corrected chi connectivity index (χ2v) is 8.99. The number of rotatable bonds is 13. The van der Waals surface area contributed by atoms with E-state index in [2.05, 4.69) is 15.3 Å². The maximum Gasteiger partial charge on any atom is 0.326 e. The van der Waals surface area contributed by atoms with Crippen LogP contribution in [-0.4, -0.2) is 70.1 Å². The molecule has 12 nitrogen and oxygen atoms in total. The zero-order chi connectivity index (χ0) is 31.2. The smallest absolute Gasteiger partial charge is 0.326 e. The molecule has 0 aromatic heterocycles. The number of carbonyl (C=O) groups is 4. The van der Waals surface area contributed by atoms with E-state index in [1.807, 2.05) is 6.07 Å². The number of halogens is 4. The van der Waals surface area contributed by atoms with Crippen molar-refractivity contribution in [2.75, 3.05) is 13.1 Å². The SMILES string of the molecule is CC(N)=NCCCC(N)C(=O)O.CC(N)=NCCCC(NC(=O)c1ccccc1)C(=O)O.Cl.Cl.Cl.O=C(Cl)c1ccccc1. The average Bonchev–Trinajstić information content (AvgIpc) is 2.93. The van der Waals surface area contributed by atoms with E-state index >= 15 is 0 Å². The molecule has 0 saturated carbocycles. The van der Waals surface area contributed by atoms with Crippen molar-refractivity contribution in [2.45, 2.75) is 51.6 Å². The quantitative estimate of drug-likeness (QED) is 0.0770. The van der Waals surface area contributed by atoms with E-state index in [1.54, 1.807) is 68.4 Å². The lowest BCUT2D eigenvalue weighted by Gasteiger charge is -2.14. The van der Waals surface area contributed by atoms with Gasteiger partial charge in [0.1, 0.15) is 12.1 Å². The van der Waals surface area contributed by atoms with Gasteiger partial charge in [0, 0.05) is 24.2 Å². The summed E-state index contributed by atoms with van der Waals surface area (Å²) in [4.78, 5) is 51.5. The van der Waals surface area contributed by atoms with Crippen LogP contribution in [0.5, 0.6) is 0 Å². The van der Waals surface area contributed by atoms with Crippen LogP contribution in [0.15, 0.2) is 70.6 Å². The molecule has 16 heteroatoms. The Morgan fingerprint density at radius 1 is 0.750 bits per heavy atom. The molecule has 0 fully saturated rings. The fraction of sp³-hybridized carbons (Fsp3) is 0.357. The van der Waals surface area contributed by atoms with E-state index in [9.17, 15) is 19.2 Å². The second-order valence-electron chi connectivity index (χ2n) is 8.65. The number of nitrogens with one attached hydrogen (secondary N) is 1. The molecule has 0 aliphatic rings. The highest BCUT2D eigenvalue weighted by Crippen LogP contribution is 2.03. The van der Waals surface area contributed by atoms with Crippen molar-refractivity contribution >= 4 is 83.6 Å². The molecule has 2 aromatic carbocycles. The van der Waals surface area contributed by atoms with Crippen molar-refractivity contribution in [3.63, 3.8) is 0 Å². The number of benzene rings is 2. The number of carboxylic acid groups (broad SMARTS) is 2. The third-order valence-corrected chi connectivity index (χ3v) is 5.22. The zero-order valence-electron chi connectivity index (χ0n) is 24.4. The molecule has 0 radical (unpaired) electrons. The Bertz CT molecular complexity index is 1150. The normalized spacial score (nSPS) is 11.5. The van der Waals surface area contributed by atoms with Gasteiger partial charge in [-0.15, -0.1) is 37.2 Å². The first-order chi connectivity index (χ1) is 19.3. The lowest BCUT2D eigenvalue weighted by molar-refractivity contribution is -0.140. The first-order valence-corrected chi connectivity index (χ1v) is 13.1. The molecule has 2 rings (SSSR count). The third-order valence-electron chi connectivity index (χ3n) is 5.00. The summed E-state index contributed by atoms with van der Waals surface area (Å²) in [7, 11) is 0. The minimum absolute atomic E-state index is 0. The molecule has 0 spiro atoms. The molecule has 0 heterocycles. The van der Waals surface area contributed by atoms with Crippen LogP contribution in [-0.2, 0) is 9.59 Å². The first kappa shape index (κ1) is 47.5. The van der Waals surface area contributed by atoms with Crippen molar-refractivity contribution in [1.82, 2.24) is 5.32 Å². The summed E-state index contributed by atoms with van der Waals surface area (Å²) in [5.74, 6) is -1.44. The van der Waals surface area contributed by atoms with E-state index in [0.29, 0.717) is 61.6 Å². The summed E-state index contributed by atoms with van der Waals surface area (Å²) < 4.78 is 0. The molecule has 0 aliphatic carbocycles. The monoisotopic (exact) mass is 698 g/mol. The number of nitrogens with two attached hydrogens (primary N) is 3. The second kappa shape index (κ2) is 28.4. The Morgan fingerprint density at radius 2 is 1.16 bits per heavy atom. The van der Waals surface area contributed by atoms with Crippen LogP contribution in [0.1, 0.15) is 60.2 Å². The maximum absolute atomic E-state index is 11.9. The summed E-state index contributed by atoms with van der Waals surface area (Å²) >= 11 is 5.16. The zero-order valence-corrected chi connectivity index (χ0v) is 27.6. The summed E-state index contributed by atoms with van der Waals surface area (Å²) in [6, 6.07) is 15.5. The lowest BCUT2D eigenvalue weighted by Crippen LogP contribution is -2.40. The molecule has 2 unspecified atom stereocenters. The number of hydrogen-bond donors (Lipinski definition) is 6. The van der Waals surface area contributed by atoms with Gasteiger partial charge in [0.15, 0.2) is 0 Å². The third kappa shape index (κ3) is 25.1. The topological polar surface area (TPSA) is 224 Å². The Balaban J connectivity index is -0.000000287. The van der Waals surface area contributed by atoms with Crippen molar-refractivity contribution in [1.29, 1.82) is 0 Å². The summed E-state index contributed by atoms with van der Waals surface area (Å²) in [5.41, 5.74) is 16.9. The fourth-order valence-corrected chi connectivity index (χ4v) is 3.02. The van der Waals surface area contributed by atoms with Crippen molar-refractivity contribution in [3.05, 3.63) is 71.8 Å². The maximum atomic E-state index is 11.9. The predicted molar refractivity (Wildman–Crippen MR) is 182 cm³/mol. The molecule has 2 atom stereocenters. The molecule has 0 bridgehead atoms. The number of hydrogen-bond acceptors (Lipinski definition) is 7. The largest absolute Gasteiger partial charge is 0.480 e. The van der Waals surface area contributed by atoms with Crippen molar-refractivity contribution in [2.24, 2.45) is 27.2 Å². The highest BCUT2D eigenvalue weighted by Gasteiger charge is 2.20. The van der Waals surface area contributed by atoms with Gasteiger partial charge < -0.3 is 32.7 Å². The van der Waals surface area contributed by atoms with E-state index in [1.165, 1.54) is 0 Å². The minimum atomic E-state index is -1.05. The Morgan fingerprint density at radius 3 is 1.50 bits per heavy atom. The Kier molecular flexibility index (Phi) is 30.6. The van der Waals surface area contributed by atoms with Crippen LogP contribution < -0.4 is 22.5 Å². The fourth-order valence-electron chi connectivity index (χ4n) is 2.90. The van der Waals surface area contributed by atoms with Gasteiger partial charge in [0.05, 0.1) is 11.7 Å². The molecule has 1 amide bonds. The number of nitrogens with zero attached hydrogens (tertiary/aromatic N) is 2. The molecule has 2 aromatic rings. The van der Waals surface area contributed by atoms with Gasteiger partial charge in [-0.2, -0.15) is 0 Å². The highest BCUT2D eigenvalue weighted by atomic mass is 35.5. The van der Waals surface area contributed by atoms with Gasteiger partial charge in [-0.1, -0.05) is 48.5 Å². The predicted octanol–water partition coefficient (Wildman–Crippen LogP) is 3.91. The van der Waals surface area contributed by atoms with Gasteiger partial charge in [-0.25, -0.2) is 4.79 Å². The Hall–Kier alpha value is -3.42. The number of carboxylic acids is 2. The lowest BCUT2D eigenvalue weighted by atomic mass is 10.1. The standard InChI is InChI=1S/C14H19N3O3.C7H5ClO.C7H15N3O2.3ClH/c1-10(15)16-9-5-8-12(14(19)20)17-13(18)11-6-3-2-4-7-11;8-7(9)6-4-2-1-3-5-6;1-5(8)10-4-2-3-6(9)7(11)12;;;/h2-4,6-7,12H,5,8-9H2,1H3,(H2,15,16)(H,17,18)(H,19,20);1-5H;6H,2-4,9H2,1H3,(H2,8,10)(H,11,12);3*1H. The molecular formula is C28H42Cl4N6O6. The number of carbonyl (C=O) groups excluding carboxylic acids is 2. The number of aliphatic imine (C=N–C) groups is 2. The highest BCUT2D eigenvalue weighted by molar-refractivity contribution is 6.67. The van der Waals surface area contributed by atoms with E-state index < -0.39 is 35.2 Å². The van der Waals surface area contributed by atoms with E-state index in [-0.39, 0.29) is 37.2 Å². The number of amides is 1. The summed E-state index contributed by atoms with van der Waals surface area (Å²) in [6.07, 6.45) is 1.94. The first-order valence-electron chi connectivity index (χ1n) is 12.7. The van der Waals surface area contributed by atoms with Crippen LogP contribution in [0.4, 0.5) is 0 Å². The van der Waals surface area contributed by atoms with Crippen LogP contribution in [0.3, 0.4) is 0 Å². The van der Waals surface area contributed by atoms with Crippen LogP contribution >= 0.6 is 48.8 Å². The molecular weight excluding hydrogens is 658 g/mol. The van der Waals surface area contributed by atoms with Crippen LogP contribution in [0.25, 0.3) is 0 Å². The minimum Gasteiger partial charge on any atom is -0.480 e. The van der Waals surface area contributed by atoms with Crippen LogP contribution in [0, 0.1) is 0 Å². The molecule has 0 saturated heterocycles. The summed E-state index contributed by atoms with van der Waals surface area (Å²) in [5, 5.41) is 19.6. The number of amidine groups is 2. The van der Waals surface area contributed by atoms with Gasteiger partial charge >= 0.3 is 11.9 Å². The van der Waals surface area contributed by atoms with E-state index in [4.69, 9.17) is 39.0 Å². The van der Waals surface area contributed by atoms with Gasteiger partial charge in [0.2, 0.25) is 0 Å². The summed E-state index contributed by atoms with van der Waals surface area (Å²) in [6.45, 7) is 4.36. The van der Waals surface area contributed by atoms with Crippen LogP contribution in [0.2, 0.25) is 0 Å². The van der Waals surface area contributed by atoms with Gasteiger partial charge in [0.25, 0.3) is 11.1 Å². The molecule has 44 heavy (non-hydrogen) atoms. The number of aliphatic carboxylic acids is 2. The molecule has 248 valence electrons. The average molecular weight is 700 g/mol. The van der Waals surface area contributed by atoms with Crippen molar-refractivity contribution < 1.29 is 29.4 Å². The van der Waals surface area contributed by atoms with Gasteiger partial charge in [-0.3, -0.25) is 24.4 Å². The van der Waals surface area contributed by atoms with E-state index in [0.717, 1.165) is 0 Å². The van der Waals surface area contributed by atoms with Gasteiger partial charge in [-0.05, 0) is 63.3 Å².